The molecule has 17 heteroatoms. The van der Waals surface area contributed by atoms with Crippen molar-refractivity contribution in [3.63, 3.8) is 0 Å². The van der Waals surface area contributed by atoms with Gasteiger partial charge in [-0.2, -0.15) is 5.10 Å². The summed E-state index contributed by atoms with van der Waals surface area (Å²) in [6, 6.07) is 22.1. The van der Waals surface area contributed by atoms with Crippen molar-refractivity contribution in [2.24, 2.45) is 29.4 Å². The molecule has 3 aromatic carbocycles. The normalized spacial score (nSPS) is 22.9. The third-order valence-corrected chi connectivity index (χ3v) is 16.8. The summed E-state index contributed by atoms with van der Waals surface area (Å²) < 4.78 is 8.05. The van der Waals surface area contributed by atoms with Crippen LogP contribution in [0.15, 0.2) is 72.8 Å². The molecule has 4 aromatic rings. The number of hydrogen-bond donors (Lipinski definition) is 3. The Morgan fingerprint density at radius 3 is 1.99 bits per heavy atom. The van der Waals surface area contributed by atoms with Crippen LogP contribution in [0.5, 0.6) is 11.5 Å². The van der Waals surface area contributed by atoms with Crippen LogP contribution in [0.25, 0.3) is 11.3 Å². The molecule has 5 fully saturated rings. The molecule has 0 aliphatic carbocycles. The van der Waals surface area contributed by atoms with E-state index < -0.39 is 29.7 Å². The molecular formula is C55H66N10O7. The van der Waals surface area contributed by atoms with Gasteiger partial charge in [0.1, 0.15) is 34.6 Å². The van der Waals surface area contributed by atoms with Gasteiger partial charge in [0.05, 0.1) is 17.2 Å². The molecule has 72 heavy (non-hydrogen) atoms. The Hall–Kier alpha value is -6.75. The molecule has 7 aliphatic heterocycles. The van der Waals surface area contributed by atoms with Crippen molar-refractivity contribution in [2.75, 3.05) is 75.7 Å². The fourth-order valence-electron chi connectivity index (χ4n) is 12.8. The Kier molecular flexibility index (Phi) is 13.5. The standard InChI is InChI=1S/C55H66N10O7/c56-50(67)48-49(39-6-9-42(10-7-39)72-41-4-2-1-3-5-41)59-65-45(14-23-57-51(48)65)38-21-24-60(25-22-38)34-37-19-30-63(31-20-37)55(71)62-28-17-36(18-29-62)32-35-15-26-61(27-16-35)40-8-11-43-44(33-40)54(70)64(53(43)69)46-12-13-47(66)58-52(46)68/h1-11,33,35-38,45-46,57H,12-32,34H2,(H2,56,67)(H,58,66,68). The third-order valence-electron chi connectivity index (χ3n) is 16.8. The number of nitrogens with two attached hydrogens (primary N) is 1. The second kappa shape index (κ2) is 20.4. The number of hydrogen-bond acceptors (Lipinski definition) is 11. The number of benzene rings is 3. The number of nitrogens with one attached hydrogen (secondary N) is 2. The minimum atomic E-state index is -0.971. The molecule has 1 aromatic heterocycles. The predicted molar refractivity (Wildman–Crippen MR) is 271 cm³/mol. The zero-order chi connectivity index (χ0) is 49.5. The van der Waals surface area contributed by atoms with Crippen molar-refractivity contribution in [3.05, 3.63) is 89.5 Å². The van der Waals surface area contributed by atoms with Gasteiger partial charge in [-0.1, -0.05) is 18.2 Å². The van der Waals surface area contributed by atoms with Gasteiger partial charge in [-0.05, 0) is 162 Å². The molecule has 8 heterocycles. The number of primary amides is 1. The lowest BCUT2D eigenvalue weighted by Gasteiger charge is -2.42. The highest BCUT2D eigenvalue weighted by Crippen LogP contribution is 2.41. The van der Waals surface area contributed by atoms with E-state index in [-0.39, 0.29) is 30.8 Å². The Morgan fingerprint density at radius 1 is 0.681 bits per heavy atom. The van der Waals surface area contributed by atoms with E-state index in [1.54, 1.807) is 12.1 Å². The summed E-state index contributed by atoms with van der Waals surface area (Å²) in [4.78, 5) is 87.6. The van der Waals surface area contributed by atoms with Crippen molar-refractivity contribution in [2.45, 2.75) is 89.1 Å². The first-order valence-electron chi connectivity index (χ1n) is 26.4. The number of imide groups is 2. The lowest BCUT2D eigenvalue weighted by Crippen LogP contribution is -2.54. The number of carbonyl (C=O) groups is 6. The van der Waals surface area contributed by atoms with Crippen LogP contribution in [0.2, 0.25) is 0 Å². The molecule has 378 valence electrons. The Bertz CT molecular complexity index is 2700. The van der Waals surface area contributed by atoms with Crippen LogP contribution in [0, 0.1) is 23.7 Å². The molecule has 2 unspecified atom stereocenters. The third kappa shape index (κ3) is 9.66. The average Bonchev–Trinajstić information content (AvgIpc) is 3.92. The first kappa shape index (κ1) is 47.6. The van der Waals surface area contributed by atoms with Crippen LogP contribution in [-0.2, 0) is 9.59 Å². The number of nitrogens with zero attached hydrogens (tertiary/aromatic N) is 7. The van der Waals surface area contributed by atoms with Gasteiger partial charge in [-0.3, -0.25) is 34.2 Å². The number of ether oxygens (including phenoxy) is 1. The monoisotopic (exact) mass is 979 g/mol. The second-order valence-electron chi connectivity index (χ2n) is 21.2. The zero-order valence-electron chi connectivity index (χ0n) is 41.0. The number of carbonyl (C=O) groups excluding carboxylic acids is 6. The topological polar surface area (TPSA) is 196 Å². The van der Waals surface area contributed by atoms with Crippen LogP contribution in [0.1, 0.15) is 114 Å². The smallest absolute Gasteiger partial charge is 0.319 e. The summed E-state index contributed by atoms with van der Waals surface area (Å²) in [7, 11) is 0. The molecule has 0 spiro atoms. The number of fused-ring (bicyclic) bond motifs is 2. The van der Waals surface area contributed by atoms with Crippen LogP contribution >= 0.6 is 0 Å². The van der Waals surface area contributed by atoms with Crippen LogP contribution < -0.4 is 26.0 Å². The van der Waals surface area contributed by atoms with Gasteiger partial charge in [0.2, 0.25) is 11.8 Å². The SMILES string of the molecule is NC(=O)c1c(-c2ccc(Oc3ccccc3)cc2)nn2c1NCCC2C1CCN(CC2CCN(C(=O)N3CCC(CC4CCN(c5ccc6c(c5)C(=O)N(C5CCC(=O)NC5=O)C6=O)CC4)CC3)CC2)CC1. The highest BCUT2D eigenvalue weighted by molar-refractivity contribution is 6.23. The van der Waals surface area contributed by atoms with Crippen LogP contribution in [0.4, 0.5) is 16.3 Å². The molecule has 4 N–H and O–H groups in total. The van der Waals surface area contributed by atoms with E-state index >= 15 is 0 Å². The first-order chi connectivity index (χ1) is 35.0. The molecule has 0 saturated carbocycles. The van der Waals surface area contributed by atoms with E-state index in [9.17, 15) is 28.8 Å². The Morgan fingerprint density at radius 2 is 1.32 bits per heavy atom. The Labute approximate surface area is 420 Å². The fraction of sp³-hybridized carbons (Fsp3) is 0.509. The molecular weight excluding hydrogens is 913 g/mol. The number of urea groups is 1. The van der Waals surface area contributed by atoms with E-state index in [2.05, 4.69) is 30.2 Å². The first-order valence-corrected chi connectivity index (χ1v) is 26.4. The second-order valence-corrected chi connectivity index (χ2v) is 21.2. The molecule has 7 amide bonds. The van der Waals surface area contributed by atoms with Gasteiger partial charge < -0.3 is 35.4 Å². The molecule has 0 radical (unpaired) electrons. The number of aromatic nitrogens is 2. The molecule has 7 aliphatic rings. The molecule has 5 saturated heterocycles. The quantitative estimate of drug-likeness (QED) is 0.134. The molecule has 2 atom stereocenters. The van der Waals surface area contributed by atoms with E-state index in [0.29, 0.717) is 51.8 Å². The van der Waals surface area contributed by atoms with Gasteiger partial charge in [0.15, 0.2) is 0 Å². The fourth-order valence-corrected chi connectivity index (χ4v) is 12.8. The number of likely N-dealkylation sites (tertiary alicyclic amines) is 3. The predicted octanol–water partition coefficient (Wildman–Crippen LogP) is 6.76. The summed E-state index contributed by atoms with van der Waals surface area (Å²) in [6.07, 6.45) is 10.7. The van der Waals surface area contributed by atoms with Gasteiger partial charge in [0.25, 0.3) is 17.7 Å². The summed E-state index contributed by atoms with van der Waals surface area (Å²) in [6.45, 7) is 8.89. The number of anilines is 2. The maximum absolute atomic E-state index is 13.8. The summed E-state index contributed by atoms with van der Waals surface area (Å²) in [5.74, 6) is 1.98. The zero-order valence-corrected chi connectivity index (χ0v) is 41.0. The van der Waals surface area contributed by atoms with Crippen molar-refractivity contribution in [3.8, 4) is 22.8 Å². The molecule has 0 bridgehead atoms. The lowest BCUT2D eigenvalue weighted by molar-refractivity contribution is -0.136. The van der Waals surface area contributed by atoms with E-state index in [0.717, 1.165) is 157 Å². The van der Waals surface area contributed by atoms with E-state index in [1.807, 2.05) is 65.3 Å². The van der Waals surface area contributed by atoms with Crippen molar-refractivity contribution < 1.29 is 33.5 Å². The van der Waals surface area contributed by atoms with Crippen LogP contribution in [-0.4, -0.2) is 136 Å². The summed E-state index contributed by atoms with van der Waals surface area (Å²) >= 11 is 0. The summed E-state index contributed by atoms with van der Waals surface area (Å²) in [5.41, 5.74) is 9.41. The van der Waals surface area contributed by atoms with Gasteiger partial charge in [-0.15, -0.1) is 0 Å². The van der Waals surface area contributed by atoms with Gasteiger partial charge >= 0.3 is 6.03 Å². The minimum absolute atomic E-state index is 0.0941. The number of amides is 7. The minimum Gasteiger partial charge on any atom is -0.457 e. The maximum atomic E-state index is 13.8. The van der Waals surface area contributed by atoms with Gasteiger partial charge in [0, 0.05) is 70.0 Å². The Balaban J connectivity index is 0.601. The summed E-state index contributed by atoms with van der Waals surface area (Å²) in [5, 5.41) is 10.8. The van der Waals surface area contributed by atoms with E-state index in [1.165, 1.54) is 0 Å². The molecule has 17 nitrogen and oxygen atoms in total. The largest absolute Gasteiger partial charge is 0.457 e. The van der Waals surface area contributed by atoms with E-state index in [4.69, 9.17) is 15.6 Å². The van der Waals surface area contributed by atoms with Crippen molar-refractivity contribution in [1.29, 1.82) is 0 Å². The number of rotatable bonds is 11. The molecule has 11 rings (SSSR count). The maximum Gasteiger partial charge on any atom is 0.319 e. The van der Waals surface area contributed by atoms with Crippen LogP contribution in [0.3, 0.4) is 0 Å². The highest BCUT2D eigenvalue weighted by Gasteiger charge is 2.45. The lowest BCUT2D eigenvalue weighted by atomic mass is 9.82. The highest BCUT2D eigenvalue weighted by atomic mass is 16.5. The number of para-hydroxylation sites is 1. The van der Waals surface area contributed by atoms with Crippen molar-refractivity contribution >= 4 is 47.1 Å². The van der Waals surface area contributed by atoms with Gasteiger partial charge in [-0.25, -0.2) is 9.48 Å². The number of piperidine rings is 5. The average molecular weight is 979 g/mol. The van der Waals surface area contributed by atoms with Crippen molar-refractivity contribution in [1.82, 2.24) is 34.7 Å².